The Kier molecular flexibility index (Phi) is 2.60. The number of ether oxygens (including phenoxy) is 3. The molecule has 1 aromatic rings. The van der Waals surface area contributed by atoms with Gasteiger partial charge < -0.3 is 14.2 Å². The minimum Gasteiger partial charge on any atom is -0.496 e. The molecule has 1 fully saturated rings. The highest BCUT2D eigenvalue weighted by Gasteiger charge is 2.48. The minimum absolute atomic E-state index is 0.228. The molecule has 1 aliphatic heterocycles. The van der Waals surface area contributed by atoms with Gasteiger partial charge in [0.2, 0.25) is 0 Å². The van der Waals surface area contributed by atoms with E-state index in [1.807, 2.05) is 24.3 Å². The smallest absolute Gasteiger partial charge is 0.338 e. The van der Waals surface area contributed by atoms with Crippen molar-refractivity contribution in [3.63, 3.8) is 0 Å². The van der Waals surface area contributed by atoms with Crippen LogP contribution >= 0.6 is 0 Å². The number of rotatable bonds is 3. The Bertz CT molecular complexity index is 375. The summed E-state index contributed by atoms with van der Waals surface area (Å²) < 4.78 is 15.0. The molecule has 2 rings (SSSR count). The predicted molar refractivity (Wildman–Crippen MR) is 52.6 cm³/mol. The Labute approximate surface area is 87.8 Å². The summed E-state index contributed by atoms with van der Waals surface area (Å²) >= 11 is 0. The van der Waals surface area contributed by atoms with E-state index in [-0.39, 0.29) is 12.1 Å². The van der Waals surface area contributed by atoms with Gasteiger partial charge in [-0.3, -0.25) is 0 Å². The van der Waals surface area contributed by atoms with E-state index in [9.17, 15) is 4.79 Å². The van der Waals surface area contributed by atoms with Gasteiger partial charge in [0.15, 0.2) is 6.10 Å². The second kappa shape index (κ2) is 3.90. The van der Waals surface area contributed by atoms with Crippen molar-refractivity contribution in [1.29, 1.82) is 0 Å². The largest absolute Gasteiger partial charge is 0.496 e. The van der Waals surface area contributed by atoms with Gasteiger partial charge in [0.05, 0.1) is 14.2 Å². The molecular formula is C11H12O4. The SMILES string of the molecule is COC(=O)[C@@H]1O[C@@H]1c1ccccc1OC. The molecule has 4 heteroatoms. The fraction of sp³-hybridized carbons (Fsp3) is 0.364. The number of para-hydroxylation sites is 1. The third kappa shape index (κ3) is 1.80. The lowest BCUT2D eigenvalue weighted by Crippen LogP contribution is -2.09. The highest BCUT2D eigenvalue weighted by atomic mass is 16.6. The van der Waals surface area contributed by atoms with Crippen LogP contribution in [0.25, 0.3) is 0 Å². The number of benzene rings is 1. The van der Waals surface area contributed by atoms with Crippen LogP contribution in [-0.2, 0) is 14.3 Å². The molecule has 0 N–H and O–H groups in total. The fourth-order valence-corrected chi connectivity index (χ4v) is 1.55. The molecule has 1 aromatic carbocycles. The lowest BCUT2D eigenvalue weighted by atomic mass is 10.1. The molecule has 2 atom stereocenters. The molecule has 0 radical (unpaired) electrons. The van der Waals surface area contributed by atoms with Crippen molar-refractivity contribution in [2.75, 3.05) is 14.2 Å². The number of esters is 1. The molecule has 4 nitrogen and oxygen atoms in total. The minimum atomic E-state index is -0.480. The molecule has 80 valence electrons. The molecule has 0 spiro atoms. The standard InChI is InChI=1S/C11H12O4/c1-13-8-6-4-3-5-7(8)9-10(15-9)11(12)14-2/h3-6,9-10H,1-2H3/t9-,10-/m1/s1. The second-order valence-electron chi connectivity index (χ2n) is 3.24. The van der Waals surface area contributed by atoms with Gasteiger partial charge in [-0.25, -0.2) is 4.79 Å². The van der Waals surface area contributed by atoms with Crippen molar-refractivity contribution in [3.8, 4) is 5.75 Å². The Morgan fingerprint density at radius 3 is 2.73 bits per heavy atom. The number of hydrogen-bond donors (Lipinski definition) is 0. The van der Waals surface area contributed by atoms with Crippen LogP contribution < -0.4 is 4.74 Å². The van der Waals surface area contributed by atoms with Crippen LogP contribution in [0, 0.1) is 0 Å². The first kappa shape index (κ1) is 9.98. The molecule has 0 unspecified atom stereocenters. The molecular weight excluding hydrogens is 196 g/mol. The summed E-state index contributed by atoms with van der Waals surface area (Å²) in [5.74, 6) is 0.389. The molecule has 1 heterocycles. The van der Waals surface area contributed by atoms with Gasteiger partial charge in [-0.15, -0.1) is 0 Å². The fourth-order valence-electron chi connectivity index (χ4n) is 1.55. The van der Waals surface area contributed by atoms with E-state index >= 15 is 0 Å². The Hall–Kier alpha value is -1.55. The van der Waals surface area contributed by atoms with Crippen LogP contribution in [-0.4, -0.2) is 26.3 Å². The van der Waals surface area contributed by atoms with Gasteiger partial charge in [-0.2, -0.15) is 0 Å². The molecule has 0 aromatic heterocycles. The van der Waals surface area contributed by atoms with Gasteiger partial charge in [0.1, 0.15) is 11.9 Å². The van der Waals surface area contributed by atoms with Gasteiger partial charge in [-0.1, -0.05) is 18.2 Å². The maximum atomic E-state index is 11.2. The maximum Gasteiger partial charge on any atom is 0.338 e. The third-order valence-corrected chi connectivity index (χ3v) is 2.37. The van der Waals surface area contributed by atoms with E-state index in [1.54, 1.807) is 7.11 Å². The molecule has 0 aliphatic carbocycles. The molecule has 1 aliphatic rings. The first-order valence-electron chi connectivity index (χ1n) is 4.64. The van der Waals surface area contributed by atoms with Crippen LogP contribution in [0.1, 0.15) is 11.7 Å². The van der Waals surface area contributed by atoms with E-state index in [0.29, 0.717) is 0 Å². The number of carbonyl (C=O) groups excluding carboxylic acids is 1. The molecule has 0 bridgehead atoms. The Balaban J connectivity index is 2.16. The summed E-state index contributed by atoms with van der Waals surface area (Å²) in [7, 11) is 2.94. The molecule has 0 saturated carbocycles. The quantitative estimate of drug-likeness (QED) is 0.555. The van der Waals surface area contributed by atoms with Crippen LogP contribution in [0.2, 0.25) is 0 Å². The van der Waals surface area contributed by atoms with Gasteiger partial charge in [0.25, 0.3) is 0 Å². The highest BCUT2D eigenvalue weighted by molar-refractivity contribution is 5.78. The van der Waals surface area contributed by atoms with Crippen molar-refractivity contribution >= 4 is 5.97 Å². The summed E-state index contributed by atoms with van der Waals surface area (Å²) in [6.07, 6.45) is -0.708. The van der Waals surface area contributed by atoms with Gasteiger partial charge in [-0.05, 0) is 6.07 Å². The van der Waals surface area contributed by atoms with Crippen molar-refractivity contribution in [2.24, 2.45) is 0 Å². The van der Waals surface area contributed by atoms with Crippen LogP contribution in [0.3, 0.4) is 0 Å². The van der Waals surface area contributed by atoms with E-state index in [2.05, 4.69) is 4.74 Å². The number of carbonyl (C=O) groups is 1. The number of epoxide rings is 1. The summed E-state index contributed by atoms with van der Waals surface area (Å²) in [5.41, 5.74) is 0.885. The summed E-state index contributed by atoms with van der Waals surface area (Å²) in [6.45, 7) is 0. The van der Waals surface area contributed by atoms with Crippen molar-refractivity contribution < 1.29 is 19.0 Å². The van der Waals surface area contributed by atoms with Gasteiger partial charge in [0, 0.05) is 5.56 Å². The zero-order chi connectivity index (χ0) is 10.8. The first-order valence-corrected chi connectivity index (χ1v) is 4.64. The average molecular weight is 208 g/mol. The van der Waals surface area contributed by atoms with Crippen molar-refractivity contribution in [2.45, 2.75) is 12.2 Å². The molecule has 1 saturated heterocycles. The van der Waals surface area contributed by atoms with Crippen LogP contribution in [0.15, 0.2) is 24.3 Å². The lowest BCUT2D eigenvalue weighted by molar-refractivity contribution is -0.142. The lowest BCUT2D eigenvalue weighted by Gasteiger charge is -2.04. The Morgan fingerprint density at radius 1 is 1.33 bits per heavy atom. The first-order chi connectivity index (χ1) is 7.27. The predicted octanol–water partition coefficient (Wildman–Crippen LogP) is 1.31. The van der Waals surface area contributed by atoms with E-state index in [4.69, 9.17) is 9.47 Å². The van der Waals surface area contributed by atoms with Crippen molar-refractivity contribution in [3.05, 3.63) is 29.8 Å². The molecule has 15 heavy (non-hydrogen) atoms. The van der Waals surface area contributed by atoms with E-state index in [0.717, 1.165) is 11.3 Å². The maximum absolute atomic E-state index is 11.2. The van der Waals surface area contributed by atoms with Crippen LogP contribution in [0.4, 0.5) is 0 Å². The average Bonchev–Trinajstić information content (AvgIpc) is 3.08. The van der Waals surface area contributed by atoms with Gasteiger partial charge >= 0.3 is 5.97 Å². The number of methoxy groups -OCH3 is 2. The topological polar surface area (TPSA) is 48.1 Å². The summed E-state index contributed by atoms with van der Waals surface area (Å²) in [6, 6.07) is 7.48. The molecule has 0 amide bonds. The zero-order valence-corrected chi connectivity index (χ0v) is 8.60. The zero-order valence-electron chi connectivity index (χ0n) is 8.60. The Morgan fingerprint density at radius 2 is 2.07 bits per heavy atom. The van der Waals surface area contributed by atoms with Crippen LogP contribution in [0.5, 0.6) is 5.75 Å². The van der Waals surface area contributed by atoms with E-state index < -0.39 is 6.10 Å². The summed E-state index contributed by atoms with van der Waals surface area (Å²) in [5, 5.41) is 0. The normalized spacial score (nSPS) is 23.3. The second-order valence-corrected chi connectivity index (χ2v) is 3.24. The number of hydrogen-bond acceptors (Lipinski definition) is 4. The van der Waals surface area contributed by atoms with E-state index in [1.165, 1.54) is 7.11 Å². The monoisotopic (exact) mass is 208 g/mol. The third-order valence-electron chi connectivity index (χ3n) is 2.37. The van der Waals surface area contributed by atoms with Crippen molar-refractivity contribution in [1.82, 2.24) is 0 Å². The highest BCUT2D eigenvalue weighted by Crippen LogP contribution is 2.43. The summed E-state index contributed by atoms with van der Waals surface area (Å²) in [4.78, 5) is 11.2.